The number of rotatable bonds is 8. The average molecular weight is 579 g/mol. The number of anilines is 1. The van der Waals surface area contributed by atoms with Gasteiger partial charge in [-0.05, 0) is 62.3 Å². The van der Waals surface area contributed by atoms with Gasteiger partial charge in [0.2, 0.25) is 16.6 Å². The van der Waals surface area contributed by atoms with Crippen molar-refractivity contribution in [2.75, 3.05) is 18.1 Å². The molecular formula is C32H37ClN3O3S+. The molecule has 6 nitrogen and oxygen atoms in total. The van der Waals surface area contributed by atoms with Crippen LogP contribution in [0.2, 0.25) is 5.02 Å². The molecular weight excluding hydrogens is 542 g/mol. The highest BCUT2D eigenvalue weighted by molar-refractivity contribution is 8.13. The molecule has 210 valence electrons. The van der Waals surface area contributed by atoms with Crippen molar-refractivity contribution in [1.29, 1.82) is 0 Å². The third-order valence-corrected chi connectivity index (χ3v) is 7.80. The Morgan fingerprint density at radius 1 is 1.02 bits per heavy atom. The van der Waals surface area contributed by atoms with Crippen LogP contribution in [0.3, 0.4) is 0 Å². The van der Waals surface area contributed by atoms with Gasteiger partial charge in [-0.15, -0.1) is 0 Å². The Labute approximate surface area is 246 Å². The van der Waals surface area contributed by atoms with Crippen molar-refractivity contribution in [3.8, 4) is 0 Å². The van der Waals surface area contributed by atoms with Crippen LogP contribution in [0, 0.1) is 0 Å². The van der Waals surface area contributed by atoms with Gasteiger partial charge in [-0.1, -0.05) is 78.0 Å². The summed E-state index contributed by atoms with van der Waals surface area (Å²) in [7, 11) is 0. The standard InChI is InChI=1S/C32H36ClN3O3S/c1-32(2,3)39-31(38)34-21-23-11-8-10-22(18-23)19-26(24-12-6-5-7-13-24)30(37)35-25-15-16-28(27(33)20-25)36-17-9-14-29(36)40-4/h5-8,10-13,15-16,18,20,26H,9,14,17,19,21H2,1-4H3,(H-,34,35,37,38)/p+1. The Hall–Kier alpha value is -3.29. The van der Waals surface area contributed by atoms with Gasteiger partial charge in [0, 0.05) is 31.1 Å². The summed E-state index contributed by atoms with van der Waals surface area (Å²) in [6.07, 6.45) is 4.31. The fourth-order valence-corrected chi connectivity index (χ4v) is 5.83. The first-order chi connectivity index (χ1) is 19.1. The average Bonchev–Trinajstić information content (AvgIpc) is 3.39. The SMILES string of the molecule is CSC1=[N+](c2ccc(NC(=O)C(Cc3cccc(CNC(=O)OC(C)(C)C)c3)c3ccccc3)cc2Cl)CCC1. The van der Waals surface area contributed by atoms with Gasteiger partial charge in [0.1, 0.15) is 17.2 Å². The quantitative estimate of drug-likeness (QED) is 0.271. The van der Waals surface area contributed by atoms with Crippen molar-refractivity contribution in [2.24, 2.45) is 0 Å². The fraction of sp³-hybridized carbons (Fsp3) is 0.344. The van der Waals surface area contributed by atoms with E-state index in [0.29, 0.717) is 23.7 Å². The number of hydrogen-bond donors (Lipinski definition) is 2. The maximum Gasteiger partial charge on any atom is 0.407 e. The number of hydrogen-bond acceptors (Lipinski definition) is 4. The number of benzene rings is 3. The summed E-state index contributed by atoms with van der Waals surface area (Å²) < 4.78 is 7.60. The van der Waals surface area contributed by atoms with E-state index in [1.807, 2.05) is 93.6 Å². The van der Waals surface area contributed by atoms with Gasteiger partial charge < -0.3 is 15.4 Å². The third kappa shape index (κ3) is 8.12. The summed E-state index contributed by atoms with van der Waals surface area (Å²) in [5.74, 6) is -0.520. The molecule has 4 rings (SSSR count). The molecule has 1 aliphatic rings. The number of alkyl carbamates (subject to hydrolysis) is 1. The molecule has 0 saturated heterocycles. The first-order valence-corrected chi connectivity index (χ1v) is 15.1. The fourth-order valence-electron chi connectivity index (χ4n) is 4.79. The van der Waals surface area contributed by atoms with Gasteiger partial charge in [-0.3, -0.25) is 4.79 Å². The van der Waals surface area contributed by atoms with Crippen LogP contribution in [0.4, 0.5) is 16.2 Å². The van der Waals surface area contributed by atoms with Crippen molar-refractivity contribution in [2.45, 2.75) is 58.1 Å². The van der Waals surface area contributed by atoms with E-state index < -0.39 is 17.6 Å². The number of nitrogens with one attached hydrogen (secondary N) is 2. The van der Waals surface area contributed by atoms with Gasteiger partial charge in [0.15, 0.2) is 0 Å². The lowest BCUT2D eigenvalue weighted by molar-refractivity contribution is -0.428. The number of ether oxygens (including phenoxy) is 1. The number of amides is 2. The lowest BCUT2D eigenvalue weighted by atomic mass is 9.90. The molecule has 0 radical (unpaired) electrons. The molecule has 0 fully saturated rings. The van der Waals surface area contributed by atoms with Crippen LogP contribution in [0.5, 0.6) is 0 Å². The molecule has 3 aromatic rings. The maximum atomic E-state index is 13.7. The molecule has 0 saturated carbocycles. The largest absolute Gasteiger partial charge is 0.444 e. The molecule has 3 aromatic carbocycles. The van der Waals surface area contributed by atoms with Crippen LogP contribution in [-0.4, -0.2) is 40.0 Å². The van der Waals surface area contributed by atoms with Gasteiger partial charge in [-0.2, -0.15) is 4.58 Å². The molecule has 40 heavy (non-hydrogen) atoms. The van der Waals surface area contributed by atoms with E-state index in [0.717, 1.165) is 41.8 Å². The number of carbonyl (C=O) groups excluding carboxylic acids is 2. The van der Waals surface area contributed by atoms with Crippen LogP contribution in [0.1, 0.15) is 56.2 Å². The van der Waals surface area contributed by atoms with E-state index in [9.17, 15) is 9.59 Å². The summed E-state index contributed by atoms with van der Waals surface area (Å²) in [5.41, 5.74) is 3.93. The number of thioether (sulfide) groups is 1. The molecule has 0 aromatic heterocycles. The number of nitrogens with zero attached hydrogens (tertiary/aromatic N) is 1. The Kier molecular flexibility index (Phi) is 9.93. The maximum absolute atomic E-state index is 13.7. The highest BCUT2D eigenvalue weighted by Gasteiger charge is 2.27. The lowest BCUT2D eigenvalue weighted by Crippen LogP contribution is -2.32. The first kappa shape index (κ1) is 29.7. The zero-order valence-corrected chi connectivity index (χ0v) is 25.1. The van der Waals surface area contributed by atoms with E-state index >= 15 is 0 Å². The highest BCUT2D eigenvalue weighted by Crippen LogP contribution is 2.32. The van der Waals surface area contributed by atoms with E-state index in [-0.39, 0.29) is 5.91 Å². The van der Waals surface area contributed by atoms with E-state index in [1.54, 1.807) is 11.8 Å². The molecule has 0 bridgehead atoms. The second-order valence-electron chi connectivity index (χ2n) is 10.9. The first-order valence-electron chi connectivity index (χ1n) is 13.5. The molecule has 1 aliphatic heterocycles. The van der Waals surface area contributed by atoms with Crippen molar-refractivity contribution < 1.29 is 18.9 Å². The second-order valence-corrected chi connectivity index (χ2v) is 12.1. The molecule has 8 heteroatoms. The monoisotopic (exact) mass is 578 g/mol. The smallest absolute Gasteiger partial charge is 0.407 e. The van der Waals surface area contributed by atoms with Gasteiger partial charge >= 0.3 is 6.09 Å². The zero-order chi connectivity index (χ0) is 28.7. The van der Waals surface area contributed by atoms with Crippen LogP contribution in [0.15, 0.2) is 72.8 Å². The molecule has 0 aliphatic carbocycles. The summed E-state index contributed by atoms with van der Waals surface area (Å²) in [6.45, 7) is 6.78. The molecule has 1 heterocycles. The molecule has 1 atom stereocenters. The minimum atomic E-state index is -0.559. The van der Waals surface area contributed by atoms with E-state index in [1.165, 1.54) is 5.04 Å². The normalized spacial score (nSPS) is 14.1. The topological polar surface area (TPSA) is 70.4 Å². The number of halogens is 1. The van der Waals surface area contributed by atoms with Crippen LogP contribution in [0.25, 0.3) is 0 Å². The van der Waals surface area contributed by atoms with Crippen LogP contribution >= 0.6 is 23.4 Å². The predicted octanol–water partition coefficient (Wildman–Crippen LogP) is 7.53. The van der Waals surface area contributed by atoms with Gasteiger partial charge in [0.25, 0.3) is 0 Å². The van der Waals surface area contributed by atoms with E-state index in [4.69, 9.17) is 16.3 Å². The van der Waals surface area contributed by atoms with Crippen molar-refractivity contribution >= 4 is 51.8 Å². The Balaban J connectivity index is 1.49. The van der Waals surface area contributed by atoms with Crippen LogP contribution in [-0.2, 0) is 22.5 Å². The second kappa shape index (κ2) is 13.4. The van der Waals surface area contributed by atoms with Crippen molar-refractivity contribution in [1.82, 2.24) is 5.32 Å². The lowest BCUT2D eigenvalue weighted by Gasteiger charge is -2.20. The summed E-state index contributed by atoms with van der Waals surface area (Å²) in [6, 6.07) is 23.4. The molecule has 2 N–H and O–H groups in total. The Bertz CT molecular complexity index is 1390. The van der Waals surface area contributed by atoms with Crippen LogP contribution < -0.4 is 10.6 Å². The Morgan fingerprint density at radius 3 is 2.48 bits per heavy atom. The highest BCUT2D eigenvalue weighted by atomic mass is 35.5. The van der Waals surface area contributed by atoms with Crippen molar-refractivity contribution in [3.63, 3.8) is 0 Å². The summed E-state index contributed by atoms with van der Waals surface area (Å²) in [5, 5.41) is 7.82. The predicted molar refractivity (Wildman–Crippen MR) is 165 cm³/mol. The summed E-state index contributed by atoms with van der Waals surface area (Å²) >= 11 is 8.45. The molecule has 2 amide bonds. The molecule has 1 unspecified atom stereocenters. The zero-order valence-electron chi connectivity index (χ0n) is 23.5. The summed E-state index contributed by atoms with van der Waals surface area (Å²) in [4.78, 5) is 25.7. The Morgan fingerprint density at radius 2 is 1.77 bits per heavy atom. The third-order valence-electron chi connectivity index (χ3n) is 6.60. The van der Waals surface area contributed by atoms with Gasteiger partial charge in [-0.25, -0.2) is 4.79 Å². The number of carbonyl (C=O) groups is 2. The minimum absolute atomic E-state index is 0.107. The van der Waals surface area contributed by atoms with Crippen molar-refractivity contribution in [3.05, 3.63) is 94.5 Å². The van der Waals surface area contributed by atoms with Gasteiger partial charge in [0.05, 0.1) is 5.92 Å². The van der Waals surface area contributed by atoms with E-state index in [2.05, 4.69) is 21.5 Å². The minimum Gasteiger partial charge on any atom is -0.444 e. The molecule has 0 spiro atoms.